The molecule has 0 atom stereocenters. The van der Waals surface area contributed by atoms with E-state index in [2.05, 4.69) is 53.9 Å². The first-order valence-corrected chi connectivity index (χ1v) is 7.33. The van der Waals surface area contributed by atoms with Crippen molar-refractivity contribution in [2.75, 3.05) is 0 Å². The third-order valence-electron chi connectivity index (χ3n) is 2.87. The van der Waals surface area contributed by atoms with Gasteiger partial charge in [-0.2, -0.15) is 0 Å². The van der Waals surface area contributed by atoms with Gasteiger partial charge in [-0.15, -0.1) is 0 Å². The second-order valence-electron chi connectivity index (χ2n) is 4.99. The highest BCUT2D eigenvalue weighted by atomic mass is 16.1. The molecule has 3 aromatic rings. The summed E-state index contributed by atoms with van der Waals surface area (Å²) in [6.07, 6.45) is 3.09. The molecule has 2 aromatic heterocycles. The number of aromatic amines is 1. The van der Waals surface area contributed by atoms with E-state index in [0.29, 0.717) is 0 Å². The molecule has 0 spiro atoms. The zero-order valence-corrected chi connectivity index (χ0v) is 13.7. The lowest BCUT2D eigenvalue weighted by atomic mass is 10.1. The summed E-state index contributed by atoms with van der Waals surface area (Å²) in [6.45, 7) is 10.4. The molecule has 1 aromatic carbocycles. The van der Waals surface area contributed by atoms with E-state index < -0.39 is 0 Å². The maximum Gasteiger partial charge on any atom is 0.178 e. The maximum atomic E-state index is 8.00. The van der Waals surface area contributed by atoms with E-state index in [-0.39, 0.29) is 0 Å². The molecule has 3 rings (SSSR count). The van der Waals surface area contributed by atoms with Crippen LogP contribution in [0.5, 0.6) is 0 Å². The minimum absolute atomic E-state index is 0.772. The van der Waals surface area contributed by atoms with Gasteiger partial charge in [0.2, 0.25) is 0 Å². The summed E-state index contributed by atoms with van der Waals surface area (Å²) >= 11 is 0. The monoisotopic (exact) mass is 297 g/mol. The minimum atomic E-state index is 0.772. The van der Waals surface area contributed by atoms with Crippen LogP contribution in [0.4, 0.5) is 0 Å². The molecule has 0 fully saturated rings. The van der Waals surface area contributed by atoms with Crippen LogP contribution in [-0.4, -0.2) is 21.7 Å². The van der Waals surface area contributed by atoms with Crippen molar-refractivity contribution in [2.45, 2.75) is 34.1 Å². The second-order valence-corrected chi connectivity index (χ2v) is 4.99. The molecule has 116 valence electrons. The van der Waals surface area contributed by atoms with Gasteiger partial charge in [-0.05, 0) is 31.0 Å². The van der Waals surface area contributed by atoms with Gasteiger partial charge < -0.3 is 9.78 Å². The zero-order chi connectivity index (χ0) is 16.5. The van der Waals surface area contributed by atoms with Crippen molar-refractivity contribution in [1.82, 2.24) is 15.0 Å². The Bertz CT molecular complexity index is 719. The van der Waals surface area contributed by atoms with Crippen LogP contribution in [0.3, 0.4) is 0 Å². The third-order valence-corrected chi connectivity index (χ3v) is 2.87. The number of hydrogen-bond acceptors (Lipinski definition) is 3. The van der Waals surface area contributed by atoms with Crippen molar-refractivity contribution >= 4 is 18.0 Å². The normalized spacial score (nSPS) is 9.45. The molecule has 0 aliphatic heterocycles. The Labute approximate surface area is 131 Å². The average molecular weight is 297 g/mol. The molecule has 0 saturated carbocycles. The number of aryl methyl sites for hydroxylation is 2. The van der Waals surface area contributed by atoms with Crippen LogP contribution in [0.15, 0.2) is 36.5 Å². The SMILES string of the molecule is C=O.CCC.Cc1cnc2nc(-c3ccccc3C)[nH]c2c1. The predicted molar refractivity (Wildman–Crippen MR) is 91.9 cm³/mol. The molecular weight excluding hydrogens is 274 g/mol. The molecule has 2 heterocycles. The summed E-state index contributed by atoms with van der Waals surface area (Å²) in [6, 6.07) is 10.3. The number of carbonyl (C=O) groups excluding carboxylic acids is 1. The molecule has 0 aliphatic carbocycles. The Hall–Kier alpha value is -2.49. The Kier molecular flexibility index (Phi) is 6.96. The van der Waals surface area contributed by atoms with E-state index in [1.807, 2.05) is 32.0 Å². The standard InChI is InChI=1S/C14H13N3.C3H8.CH2O/c1-9-7-12-14(15-8-9)17-13(16-12)11-6-4-3-5-10(11)2;1-3-2;1-2/h3-8H,1-2H3,(H,15,16,17);3H2,1-2H3;1H2. The molecule has 1 N–H and O–H groups in total. The van der Waals surface area contributed by atoms with E-state index in [1.54, 1.807) is 0 Å². The van der Waals surface area contributed by atoms with E-state index in [1.165, 1.54) is 12.0 Å². The number of hydrogen-bond donors (Lipinski definition) is 1. The summed E-state index contributed by atoms with van der Waals surface area (Å²) in [4.78, 5) is 20.2. The number of imidazole rings is 1. The maximum absolute atomic E-state index is 8.00. The smallest absolute Gasteiger partial charge is 0.178 e. The molecule has 0 unspecified atom stereocenters. The molecular formula is C18H23N3O. The predicted octanol–water partition coefficient (Wildman–Crippen LogP) is 4.47. The molecule has 0 aliphatic rings. The quantitative estimate of drug-likeness (QED) is 0.720. The van der Waals surface area contributed by atoms with Crippen molar-refractivity contribution in [1.29, 1.82) is 0 Å². The average Bonchev–Trinajstić information content (AvgIpc) is 2.93. The first-order chi connectivity index (χ1) is 10.7. The molecule has 4 heteroatoms. The molecule has 22 heavy (non-hydrogen) atoms. The molecule has 0 radical (unpaired) electrons. The Morgan fingerprint density at radius 1 is 1.14 bits per heavy atom. The number of H-pyrrole nitrogens is 1. The van der Waals surface area contributed by atoms with E-state index in [4.69, 9.17) is 4.79 Å². The lowest BCUT2D eigenvalue weighted by Crippen LogP contribution is -1.84. The van der Waals surface area contributed by atoms with Gasteiger partial charge in [0.15, 0.2) is 5.65 Å². The number of pyridine rings is 1. The number of nitrogens with one attached hydrogen (secondary N) is 1. The summed E-state index contributed by atoms with van der Waals surface area (Å²) in [5.41, 5.74) is 5.24. The fourth-order valence-electron chi connectivity index (χ4n) is 1.97. The summed E-state index contributed by atoms with van der Waals surface area (Å²) in [5, 5.41) is 0. The fourth-order valence-corrected chi connectivity index (χ4v) is 1.97. The number of nitrogens with zero attached hydrogens (tertiary/aromatic N) is 2. The van der Waals surface area contributed by atoms with Gasteiger partial charge in [-0.1, -0.05) is 44.5 Å². The molecule has 0 saturated heterocycles. The van der Waals surface area contributed by atoms with Crippen LogP contribution in [0.1, 0.15) is 31.4 Å². The first kappa shape index (κ1) is 17.6. The fraction of sp³-hybridized carbons (Fsp3) is 0.278. The highest BCUT2D eigenvalue weighted by Gasteiger charge is 2.07. The van der Waals surface area contributed by atoms with Gasteiger partial charge in [-0.3, -0.25) is 0 Å². The van der Waals surface area contributed by atoms with Gasteiger partial charge in [0, 0.05) is 11.8 Å². The van der Waals surface area contributed by atoms with Gasteiger partial charge in [0.1, 0.15) is 12.6 Å². The topological polar surface area (TPSA) is 58.6 Å². The van der Waals surface area contributed by atoms with Crippen LogP contribution in [-0.2, 0) is 4.79 Å². The summed E-state index contributed by atoms with van der Waals surface area (Å²) < 4.78 is 0. The number of rotatable bonds is 1. The van der Waals surface area contributed by atoms with Crippen LogP contribution in [0.25, 0.3) is 22.6 Å². The van der Waals surface area contributed by atoms with Crippen LogP contribution in [0.2, 0.25) is 0 Å². The molecule has 0 amide bonds. The number of fused-ring (bicyclic) bond motifs is 1. The van der Waals surface area contributed by atoms with Crippen LogP contribution < -0.4 is 0 Å². The number of aromatic nitrogens is 3. The number of benzene rings is 1. The van der Waals surface area contributed by atoms with Gasteiger partial charge in [0.25, 0.3) is 0 Å². The lowest BCUT2D eigenvalue weighted by molar-refractivity contribution is -0.0979. The molecule has 4 nitrogen and oxygen atoms in total. The first-order valence-electron chi connectivity index (χ1n) is 7.33. The van der Waals surface area contributed by atoms with Crippen LogP contribution in [0, 0.1) is 13.8 Å². The highest BCUT2D eigenvalue weighted by Crippen LogP contribution is 2.22. The minimum Gasteiger partial charge on any atom is -0.337 e. The summed E-state index contributed by atoms with van der Waals surface area (Å²) in [5.74, 6) is 0.885. The highest BCUT2D eigenvalue weighted by molar-refractivity contribution is 5.77. The second kappa shape index (κ2) is 8.72. The third kappa shape index (κ3) is 4.25. The van der Waals surface area contributed by atoms with E-state index >= 15 is 0 Å². The van der Waals surface area contributed by atoms with Crippen molar-refractivity contribution in [3.05, 3.63) is 47.7 Å². The molecule has 0 bridgehead atoms. The Morgan fingerprint density at radius 2 is 1.77 bits per heavy atom. The van der Waals surface area contributed by atoms with Crippen LogP contribution >= 0.6 is 0 Å². The van der Waals surface area contributed by atoms with Crippen molar-refractivity contribution in [3.8, 4) is 11.4 Å². The Morgan fingerprint density at radius 3 is 2.41 bits per heavy atom. The van der Waals surface area contributed by atoms with E-state index in [0.717, 1.165) is 28.1 Å². The van der Waals surface area contributed by atoms with Crippen molar-refractivity contribution in [3.63, 3.8) is 0 Å². The Balaban J connectivity index is 0.000000435. The van der Waals surface area contributed by atoms with Gasteiger partial charge in [0.05, 0.1) is 5.52 Å². The largest absolute Gasteiger partial charge is 0.337 e. The van der Waals surface area contributed by atoms with Gasteiger partial charge >= 0.3 is 0 Å². The van der Waals surface area contributed by atoms with E-state index in [9.17, 15) is 0 Å². The van der Waals surface area contributed by atoms with Crippen molar-refractivity contribution in [2.24, 2.45) is 0 Å². The van der Waals surface area contributed by atoms with Crippen molar-refractivity contribution < 1.29 is 4.79 Å². The summed E-state index contributed by atoms with van der Waals surface area (Å²) in [7, 11) is 0. The van der Waals surface area contributed by atoms with Gasteiger partial charge in [-0.25, -0.2) is 9.97 Å². The lowest BCUT2D eigenvalue weighted by Gasteiger charge is -2.00. The zero-order valence-electron chi connectivity index (χ0n) is 13.7. The number of carbonyl (C=O) groups is 1.